The molecule has 4 heterocycles. The molecule has 192 valence electrons. The number of nitrogens with two attached hydrogens (primary N) is 1. The van der Waals surface area contributed by atoms with Crippen molar-refractivity contribution in [2.45, 2.75) is 24.4 Å². The smallest absolute Gasteiger partial charge is 0.456 e. The minimum absolute atomic E-state index is 0.0259. The zero-order valence-electron chi connectivity index (χ0n) is 18.6. The van der Waals surface area contributed by atoms with Crippen molar-refractivity contribution in [1.29, 1.82) is 0 Å². The molecule has 0 saturated carbocycles. The summed E-state index contributed by atoms with van der Waals surface area (Å²) in [4.78, 5) is 29.3. The quantitative estimate of drug-likeness (QED) is 0.383. The highest BCUT2D eigenvalue weighted by Crippen LogP contribution is 2.45. The molecule has 3 aromatic heterocycles. The number of anilines is 2. The molecule has 1 aromatic carbocycles. The van der Waals surface area contributed by atoms with Gasteiger partial charge in [-0.25, -0.2) is 24.3 Å². The number of halogens is 6. The average Bonchev–Trinajstić information content (AvgIpc) is 3.40. The van der Waals surface area contributed by atoms with Crippen molar-refractivity contribution in [3.8, 4) is 17.4 Å². The lowest BCUT2D eigenvalue weighted by Gasteiger charge is -2.23. The van der Waals surface area contributed by atoms with Gasteiger partial charge in [-0.05, 0) is 24.6 Å². The van der Waals surface area contributed by atoms with Crippen LogP contribution in [0.5, 0.6) is 5.88 Å². The Morgan fingerprint density at radius 3 is 2.49 bits per heavy atom. The molecule has 4 aromatic rings. The van der Waals surface area contributed by atoms with Crippen molar-refractivity contribution in [3.63, 3.8) is 0 Å². The van der Waals surface area contributed by atoms with E-state index in [1.54, 1.807) is 6.92 Å². The molecule has 0 aliphatic carbocycles. The molecule has 1 aliphatic rings. The van der Waals surface area contributed by atoms with Gasteiger partial charge in [0.05, 0.1) is 5.56 Å². The van der Waals surface area contributed by atoms with Crippen LogP contribution in [0.1, 0.15) is 18.1 Å². The number of hydrogen-bond acceptors (Lipinski definition) is 7. The van der Waals surface area contributed by atoms with Crippen molar-refractivity contribution >= 4 is 23.2 Å². The van der Waals surface area contributed by atoms with E-state index in [-0.39, 0.29) is 34.4 Å². The summed E-state index contributed by atoms with van der Waals surface area (Å²) in [7, 11) is 0. The number of nitrogen functional groups attached to an aromatic ring is 1. The summed E-state index contributed by atoms with van der Waals surface area (Å²) in [6.07, 6.45) is -1.88. The number of nitrogens with zero attached hydrogens (tertiary/aromatic N) is 5. The van der Waals surface area contributed by atoms with Gasteiger partial charge in [0, 0.05) is 18.6 Å². The summed E-state index contributed by atoms with van der Waals surface area (Å²) in [5.41, 5.74) is 5.23. The van der Waals surface area contributed by atoms with Gasteiger partial charge in [0.2, 0.25) is 11.6 Å². The minimum Gasteiger partial charge on any atom is -0.468 e. The Morgan fingerprint density at radius 1 is 1.11 bits per heavy atom. The number of rotatable bonds is 5. The molecule has 5 rings (SSSR count). The predicted molar refractivity (Wildman–Crippen MR) is 116 cm³/mol. The maximum atomic E-state index is 13.4. The topological polar surface area (TPSA) is 120 Å². The van der Waals surface area contributed by atoms with Gasteiger partial charge in [-0.2, -0.15) is 22.0 Å². The molecule has 9 nitrogen and oxygen atoms in total. The Balaban J connectivity index is 1.57. The van der Waals surface area contributed by atoms with E-state index in [4.69, 9.17) is 10.5 Å². The Hall–Kier alpha value is -4.43. The fourth-order valence-electron chi connectivity index (χ4n) is 3.93. The van der Waals surface area contributed by atoms with E-state index in [1.165, 1.54) is 47.3 Å². The van der Waals surface area contributed by atoms with Gasteiger partial charge in [0.15, 0.2) is 12.4 Å². The SMILES string of the molecule is CC1(c2ccc(F)cc2)C(=O)Nc2nc(-c3cn4ccnc4c(OCC(F)(F)C(F)(F)F)n3)nc(N)c21. The first-order chi connectivity index (χ1) is 17.3. The van der Waals surface area contributed by atoms with Gasteiger partial charge in [0.1, 0.15) is 28.6 Å². The first-order valence-corrected chi connectivity index (χ1v) is 10.5. The van der Waals surface area contributed by atoms with Crippen LogP contribution < -0.4 is 15.8 Å². The van der Waals surface area contributed by atoms with Gasteiger partial charge in [-0.15, -0.1) is 0 Å². The van der Waals surface area contributed by atoms with Crippen molar-refractivity contribution in [2.24, 2.45) is 0 Å². The molecule has 0 radical (unpaired) electrons. The number of carbonyl (C=O) groups excluding carboxylic acids is 1. The summed E-state index contributed by atoms with van der Waals surface area (Å²) in [6, 6.07) is 5.22. The molecule has 15 heteroatoms. The number of aromatic nitrogens is 5. The standard InChI is InChI=1S/C22H15F6N7O2/c1-20(10-2-4-11(23)5-3-10)13-14(29)32-15(33-16(13)34-19(20)36)12-8-35-7-6-30-17(35)18(31-12)37-9-21(24,25)22(26,27)28/h2-8H,9H2,1H3,(H3,29,32,33,34,36). The van der Waals surface area contributed by atoms with Gasteiger partial charge < -0.3 is 20.2 Å². The molecule has 3 N–H and O–H groups in total. The first kappa shape index (κ1) is 24.3. The zero-order chi connectivity index (χ0) is 26.8. The largest absolute Gasteiger partial charge is 0.468 e. The van der Waals surface area contributed by atoms with E-state index in [2.05, 4.69) is 25.3 Å². The molecule has 0 bridgehead atoms. The van der Waals surface area contributed by atoms with Crippen LogP contribution >= 0.6 is 0 Å². The fraction of sp³-hybridized carbons (Fsp3) is 0.227. The number of nitrogens with one attached hydrogen (secondary N) is 1. The predicted octanol–water partition coefficient (Wildman–Crippen LogP) is 3.74. The van der Waals surface area contributed by atoms with Gasteiger partial charge >= 0.3 is 12.1 Å². The lowest BCUT2D eigenvalue weighted by Crippen LogP contribution is -2.41. The summed E-state index contributed by atoms with van der Waals surface area (Å²) in [5, 5.41) is 2.59. The Bertz CT molecular complexity index is 1540. The summed E-state index contributed by atoms with van der Waals surface area (Å²) >= 11 is 0. The van der Waals surface area contributed by atoms with E-state index in [0.29, 0.717) is 5.56 Å². The third-order valence-electron chi connectivity index (χ3n) is 5.92. The van der Waals surface area contributed by atoms with Crippen LogP contribution in [0.2, 0.25) is 0 Å². The highest BCUT2D eigenvalue weighted by atomic mass is 19.4. The maximum absolute atomic E-state index is 13.4. The van der Waals surface area contributed by atoms with Crippen LogP contribution in [0.25, 0.3) is 17.2 Å². The molecule has 0 saturated heterocycles. The van der Waals surface area contributed by atoms with E-state index >= 15 is 0 Å². The average molecular weight is 523 g/mol. The third-order valence-corrected chi connectivity index (χ3v) is 5.92. The number of fused-ring (bicyclic) bond motifs is 2. The van der Waals surface area contributed by atoms with Crippen LogP contribution in [-0.2, 0) is 10.2 Å². The maximum Gasteiger partial charge on any atom is 0.456 e. The highest BCUT2D eigenvalue weighted by Gasteiger charge is 2.58. The Labute approximate surface area is 203 Å². The van der Waals surface area contributed by atoms with Crippen LogP contribution in [0, 0.1) is 5.82 Å². The third kappa shape index (κ3) is 3.86. The highest BCUT2D eigenvalue weighted by molar-refractivity contribution is 6.09. The van der Waals surface area contributed by atoms with E-state index in [9.17, 15) is 31.1 Å². The molecular formula is C22H15F6N7O2. The summed E-state index contributed by atoms with van der Waals surface area (Å²) in [6.45, 7) is -0.474. The Morgan fingerprint density at radius 2 is 1.81 bits per heavy atom. The van der Waals surface area contributed by atoms with Crippen molar-refractivity contribution < 1.29 is 35.9 Å². The van der Waals surface area contributed by atoms with Crippen LogP contribution in [0.4, 0.5) is 38.0 Å². The minimum atomic E-state index is -5.83. The van der Waals surface area contributed by atoms with Crippen LogP contribution in [0.15, 0.2) is 42.9 Å². The van der Waals surface area contributed by atoms with Crippen molar-refractivity contribution in [1.82, 2.24) is 24.3 Å². The van der Waals surface area contributed by atoms with Gasteiger partial charge in [-0.3, -0.25) is 4.79 Å². The zero-order valence-corrected chi connectivity index (χ0v) is 18.6. The lowest BCUT2D eigenvalue weighted by molar-refractivity contribution is -0.290. The normalized spacial score (nSPS) is 17.6. The second-order valence-corrected chi connectivity index (χ2v) is 8.32. The number of hydrogen-bond donors (Lipinski definition) is 2. The molecule has 0 fully saturated rings. The van der Waals surface area contributed by atoms with Gasteiger partial charge in [-0.1, -0.05) is 12.1 Å². The number of ether oxygens (including phenoxy) is 1. The summed E-state index contributed by atoms with van der Waals surface area (Å²) in [5.74, 6) is -7.07. The first-order valence-electron chi connectivity index (χ1n) is 10.5. The second-order valence-electron chi connectivity index (χ2n) is 8.32. The fourth-order valence-corrected chi connectivity index (χ4v) is 3.93. The monoisotopic (exact) mass is 523 g/mol. The van der Waals surface area contributed by atoms with Crippen LogP contribution in [0.3, 0.4) is 0 Å². The number of imidazole rings is 1. The number of alkyl halides is 5. The van der Waals surface area contributed by atoms with E-state index in [1.807, 2.05) is 0 Å². The second kappa shape index (κ2) is 8.04. The van der Waals surface area contributed by atoms with Crippen molar-refractivity contribution in [3.05, 3.63) is 59.8 Å². The molecule has 0 spiro atoms. The summed E-state index contributed by atoms with van der Waals surface area (Å²) < 4.78 is 84.0. The molecule has 37 heavy (non-hydrogen) atoms. The number of amides is 1. The molecule has 1 aliphatic heterocycles. The van der Waals surface area contributed by atoms with E-state index in [0.717, 1.165) is 0 Å². The molecular weight excluding hydrogens is 508 g/mol. The van der Waals surface area contributed by atoms with Crippen molar-refractivity contribution in [2.75, 3.05) is 17.7 Å². The van der Waals surface area contributed by atoms with E-state index < -0.39 is 41.7 Å². The number of benzene rings is 1. The molecule has 1 atom stereocenters. The van der Waals surface area contributed by atoms with Crippen LogP contribution in [-0.4, -0.2) is 48.9 Å². The lowest BCUT2D eigenvalue weighted by atomic mass is 9.78. The molecule has 1 unspecified atom stereocenters. The molecule has 1 amide bonds. The van der Waals surface area contributed by atoms with Gasteiger partial charge in [0.25, 0.3) is 5.88 Å². The number of carbonyl (C=O) groups is 1. The Kier molecular flexibility index (Phi) is 5.28.